The van der Waals surface area contributed by atoms with Crippen LogP contribution in [0.1, 0.15) is 10.5 Å². The molecule has 0 unspecified atom stereocenters. The van der Waals surface area contributed by atoms with E-state index in [1.807, 2.05) is 6.26 Å². The van der Waals surface area contributed by atoms with Crippen LogP contribution in [0.2, 0.25) is 0 Å². The van der Waals surface area contributed by atoms with Gasteiger partial charge in [0, 0.05) is 11.9 Å². The molecule has 1 aromatic heterocycles. The molecule has 0 aliphatic rings. The predicted molar refractivity (Wildman–Crippen MR) is 55.1 cm³/mol. The van der Waals surface area contributed by atoms with Crippen LogP contribution in [0, 0.1) is 0 Å². The number of carboxylic acids is 1. The van der Waals surface area contributed by atoms with Crippen molar-refractivity contribution in [2.45, 2.75) is 0 Å². The monoisotopic (exact) mass is 213 g/mol. The minimum Gasteiger partial charge on any atom is -0.490 e. The minimum absolute atomic E-state index is 0.0337. The van der Waals surface area contributed by atoms with Crippen LogP contribution in [0.4, 0.5) is 0 Å². The largest absolute Gasteiger partial charge is 0.490 e. The summed E-state index contributed by atoms with van der Waals surface area (Å²) in [5.74, 6) is 0.0901. The summed E-state index contributed by atoms with van der Waals surface area (Å²) < 4.78 is 5.27. The topological polar surface area (TPSA) is 59.4 Å². The molecule has 4 nitrogen and oxygen atoms in total. The molecule has 0 fully saturated rings. The summed E-state index contributed by atoms with van der Waals surface area (Å²) in [6.07, 6.45) is 3.40. The fourth-order valence-corrected chi connectivity index (χ4v) is 1.15. The van der Waals surface area contributed by atoms with Crippen LogP contribution in [-0.2, 0) is 0 Å². The van der Waals surface area contributed by atoms with Crippen LogP contribution in [0.5, 0.6) is 5.75 Å². The molecule has 0 saturated heterocycles. The number of carbonyl (C=O) groups is 1. The third-order valence-electron chi connectivity index (χ3n) is 1.52. The first-order chi connectivity index (χ1) is 6.75. The molecular formula is C9H11NO3S. The lowest BCUT2D eigenvalue weighted by Gasteiger charge is -2.06. The van der Waals surface area contributed by atoms with Gasteiger partial charge in [-0.25, -0.2) is 9.78 Å². The van der Waals surface area contributed by atoms with Crippen molar-refractivity contribution in [2.24, 2.45) is 0 Å². The van der Waals surface area contributed by atoms with E-state index in [1.165, 1.54) is 6.20 Å². The number of carboxylic acid groups (broad SMARTS) is 1. The van der Waals surface area contributed by atoms with E-state index in [9.17, 15) is 4.79 Å². The van der Waals surface area contributed by atoms with Crippen molar-refractivity contribution in [1.29, 1.82) is 0 Å². The fraction of sp³-hybridized carbons (Fsp3) is 0.333. The summed E-state index contributed by atoms with van der Waals surface area (Å²) in [6.45, 7) is 0.493. The van der Waals surface area contributed by atoms with E-state index in [2.05, 4.69) is 4.98 Å². The first kappa shape index (κ1) is 10.8. The van der Waals surface area contributed by atoms with E-state index in [-0.39, 0.29) is 5.69 Å². The highest BCUT2D eigenvalue weighted by atomic mass is 32.2. The Balaban J connectivity index is 2.69. The van der Waals surface area contributed by atoms with E-state index < -0.39 is 5.97 Å². The van der Waals surface area contributed by atoms with Gasteiger partial charge >= 0.3 is 5.97 Å². The first-order valence-corrected chi connectivity index (χ1v) is 5.45. The second kappa shape index (κ2) is 5.49. The van der Waals surface area contributed by atoms with Crippen molar-refractivity contribution in [2.75, 3.05) is 18.6 Å². The van der Waals surface area contributed by atoms with Crippen LogP contribution in [-0.4, -0.2) is 34.7 Å². The number of aromatic carboxylic acids is 1. The molecule has 0 spiro atoms. The molecule has 0 saturated carbocycles. The molecule has 0 bridgehead atoms. The van der Waals surface area contributed by atoms with Gasteiger partial charge in [0.05, 0.1) is 6.61 Å². The van der Waals surface area contributed by atoms with E-state index in [4.69, 9.17) is 9.84 Å². The molecule has 1 aromatic rings. The Bertz CT molecular complexity index is 317. The third kappa shape index (κ3) is 2.92. The van der Waals surface area contributed by atoms with Crippen molar-refractivity contribution in [3.05, 3.63) is 24.0 Å². The average Bonchev–Trinajstić information content (AvgIpc) is 2.19. The lowest BCUT2D eigenvalue weighted by molar-refractivity contribution is 0.0685. The van der Waals surface area contributed by atoms with Gasteiger partial charge in [-0.1, -0.05) is 0 Å². The van der Waals surface area contributed by atoms with E-state index in [0.29, 0.717) is 12.4 Å². The minimum atomic E-state index is -1.07. The highest BCUT2D eigenvalue weighted by Gasteiger charge is 2.11. The van der Waals surface area contributed by atoms with E-state index in [1.54, 1.807) is 23.9 Å². The molecule has 0 atom stereocenters. The second-order valence-electron chi connectivity index (χ2n) is 2.50. The van der Waals surface area contributed by atoms with E-state index >= 15 is 0 Å². The van der Waals surface area contributed by atoms with Gasteiger partial charge in [0.25, 0.3) is 0 Å². The molecule has 1 rings (SSSR count). The Morgan fingerprint density at radius 1 is 1.71 bits per heavy atom. The molecular weight excluding hydrogens is 202 g/mol. The van der Waals surface area contributed by atoms with Gasteiger partial charge < -0.3 is 9.84 Å². The molecule has 76 valence electrons. The number of rotatable bonds is 5. The Kier molecular flexibility index (Phi) is 4.25. The van der Waals surface area contributed by atoms with Crippen LogP contribution < -0.4 is 4.74 Å². The average molecular weight is 213 g/mol. The molecule has 0 radical (unpaired) electrons. The van der Waals surface area contributed by atoms with Gasteiger partial charge in [0.1, 0.15) is 0 Å². The Morgan fingerprint density at radius 3 is 3.14 bits per heavy atom. The first-order valence-electron chi connectivity index (χ1n) is 4.05. The number of aromatic nitrogens is 1. The number of hydrogen-bond acceptors (Lipinski definition) is 4. The molecule has 0 aliphatic heterocycles. The van der Waals surface area contributed by atoms with Gasteiger partial charge in [0.15, 0.2) is 11.4 Å². The van der Waals surface area contributed by atoms with Gasteiger partial charge in [0.2, 0.25) is 0 Å². The number of hydrogen-bond donors (Lipinski definition) is 1. The maximum Gasteiger partial charge on any atom is 0.358 e. The summed E-state index contributed by atoms with van der Waals surface area (Å²) >= 11 is 1.64. The smallest absolute Gasteiger partial charge is 0.358 e. The lowest BCUT2D eigenvalue weighted by atomic mass is 10.3. The lowest BCUT2D eigenvalue weighted by Crippen LogP contribution is -2.07. The predicted octanol–water partition coefficient (Wildman–Crippen LogP) is 1.52. The molecule has 5 heteroatoms. The van der Waals surface area contributed by atoms with E-state index in [0.717, 1.165) is 5.75 Å². The molecule has 1 heterocycles. The number of nitrogens with zero attached hydrogens (tertiary/aromatic N) is 1. The zero-order valence-electron chi connectivity index (χ0n) is 7.77. The molecule has 0 aromatic carbocycles. The van der Waals surface area contributed by atoms with Crippen molar-refractivity contribution < 1.29 is 14.6 Å². The summed E-state index contributed by atoms with van der Waals surface area (Å²) in [4.78, 5) is 14.4. The Morgan fingerprint density at radius 2 is 2.50 bits per heavy atom. The summed E-state index contributed by atoms with van der Waals surface area (Å²) in [5.41, 5.74) is -0.0337. The maximum atomic E-state index is 10.7. The Hall–Kier alpha value is -1.23. The van der Waals surface area contributed by atoms with Gasteiger partial charge in [-0.15, -0.1) is 0 Å². The summed E-state index contributed by atoms with van der Waals surface area (Å²) in [7, 11) is 0. The third-order valence-corrected chi connectivity index (χ3v) is 2.09. The maximum absolute atomic E-state index is 10.7. The fourth-order valence-electron chi connectivity index (χ4n) is 0.903. The van der Waals surface area contributed by atoms with Gasteiger partial charge in [-0.2, -0.15) is 11.8 Å². The zero-order valence-corrected chi connectivity index (χ0v) is 8.58. The quantitative estimate of drug-likeness (QED) is 0.751. The highest BCUT2D eigenvalue weighted by Crippen LogP contribution is 2.15. The van der Waals surface area contributed by atoms with Crippen molar-refractivity contribution in [3.8, 4) is 5.75 Å². The standard InChI is InChI=1S/C9H11NO3S/c1-14-6-5-13-7-3-2-4-10-8(7)9(11)12/h2-4H,5-6H2,1H3,(H,11,12). The number of ether oxygens (including phenoxy) is 1. The summed E-state index contributed by atoms with van der Waals surface area (Å²) in [6, 6.07) is 3.26. The van der Waals surface area contributed by atoms with Crippen molar-refractivity contribution in [1.82, 2.24) is 4.98 Å². The van der Waals surface area contributed by atoms with Crippen LogP contribution in [0.15, 0.2) is 18.3 Å². The van der Waals surface area contributed by atoms with Crippen molar-refractivity contribution in [3.63, 3.8) is 0 Å². The normalized spacial score (nSPS) is 9.79. The van der Waals surface area contributed by atoms with Gasteiger partial charge in [-0.05, 0) is 18.4 Å². The highest BCUT2D eigenvalue weighted by molar-refractivity contribution is 7.98. The summed E-state index contributed by atoms with van der Waals surface area (Å²) in [5, 5.41) is 8.77. The number of pyridine rings is 1. The molecule has 14 heavy (non-hydrogen) atoms. The number of thioether (sulfide) groups is 1. The second-order valence-corrected chi connectivity index (χ2v) is 3.48. The Labute approximate surface area is 86.3 Å². The van der Waals surface area contributed by atoms with Gasteiger partial charge in [-0.3, -0.25) is 0 Å². The molecule has 0 aliphatic carbocycles. The molecule has 0 amide bonds. The van der Waals surface area contributed by atoms with Crippen LogP contribution >= 0.6 is 11.8 Å². The van der Waals surface area contributed by atoms with Crippen LogP contribution in [0.3, 0.4) is 0 Å². The van der Waals surface area contributed by atoms with Crippen LogP contribution in [0.25, 0.3) is 0 Å². The SMILES string of the molecule is CSCCOc1cccnc1C(=O)O. The zero-order chi connectivity index (χ0) is 10.4. The van der Waals surface area contributed by atoms with Crippen molar-refractivity contribution >= 4 is 17.7 Å². The molecule has 1 N–H and O–H groups in total.